The summed E-state index contributed by atoms with van der Waals surface area (Å²) in [7, 11) is 0. The fourth-order valence-electron chi connectivity index (χ4n) is 3.70. The normalized spacial score (nSPS) is 11.2. The van der Waals surface area contributed by atoms with Gasteiger partial charge < -0.3 is 9.47 Å². The van der Waals surface area contributed by atoms with Gasteiger partial charge in [-0.2, -0.15) is 8.78 Å². The lowest BCUT2D eigenvalue weighted by atomic mass is 10.1. The van der Waals surface area contributed by atoms with Crippen LogP contribution in [0.2, 0.25) is 0 Å². The Kier molecular flexibility index (Phi) is 6.19. The molecule has 5 rings (SSSR count). The Morgan fingerprint density at radius 2 is 1.86 bits per heavy atom. The number of nitrogens with zero attached hydrogens (tertiary/aromatic N) is 4. The molecule has 7 nitrogen and oxygen atoms in total. The van der Waals surface area contributed by atoms with Crippen molar-refractivity contribution in [3.05, 3.63) is 83.5 Å². The highest BCUT2D eigenvalue weighted by Crippen LogP contribution is 2.38. The molecular formula is C25H18F2N4O3S. The number of rotatable bonds is 6. The van der Waals surface area contributed by atoms with E-state index >= 15 is 0 Å². The summed E-state index contributed by atoms with van der Waals surface area (Å²) in [5.41, 5.74) is 5.59. The minimum absolute atomic E-state index is 0.0661. The van der Waals surface area contributed by atoms with E-state index in [4.69, 9.17) is 4.74 Å². The van der Waals surface area contributed by atoms with E-state index in [2.05, 4.69) is 19.7 Å². The molecule has 1 amide bonds. The predicted octanol–water partition coefficient (Wildman–Crippen LogP) is 6.62. The number of alkyl halides is 2. The van der Waals surface area contributed by atoms with Crippen LogP contribution >= 0.6 is 11.3 Å². The van der Waals surface area contributed by atoms with Crippen molar-refractivity contribution < 1.29 is 23.0 Å². The van der Waals surface area contributed by atoms with Crippen LogP contribution in [0.4, 0.5) is 25.0 Å². The Bertz CT molecular complexity index is 1510. The third-order valence-corrected chi connectivity index (χ3v) is 6.03. The van der Waals surface area contributed by atoms with Gasteiger partial charge in [0.1, 0.15) is 12.1 Å². The van der Waals surface area contributed by atoms with Gasteiger partial charge >= 0.3 is 12.7 Å². The number of aromatic nitrogens is 3. The average molecular weight is 493 g/mol. The van der Waals surface area contributed by atoms with Gasteiger partial charge in [-0.1, -0.05) is 36.4 Å². The smallest absolute Gasteiger partial charge is 0.419 e. The van der Waals surface area contributed by atoms with Crippen LogP contribution in [0.5, 0.6) is 5.88 Å². The molecule has 0 aliphatic rings. The lowest BCUT2D eigenvalue weighted by Gasteiger charge is -2.24. The first-order chi connectivity index (χ1) is 17.0. The largest absolute Gasteiger partial charge is 0.444 e. The van der Waals surface area contributed by atoms with Crippen molar-refractivity contribution in [3.8, 4) is 5.88 Å². The molecular weight excluding hydrogens is 474 g/mol. The van der Waals surface area contributed by atoms with E-state index in [1.807, 2.05) is 43.3 Å². The number of hydrogen-bond donors (Lipinski definition) is 0. The van der Waals surface area contributed by atoms with Crippen molar-refractivity contribution >= 4 is 50.1 Å². The summed E-state index contributed by atoms with van der Waals surface area (Å²) in [5, 5.41) is 0. The summed E-state index contributed by atoms with van der Waals surface area (Å²) in [6.45, 7) is -1.15. The summed E-state index contributed by atoms with van der Waals surface area (Å²) < 4.78 is 36.3. The van der Waals surface area contributed by atoms with Crippen LogP contribution < -0.4 is 9.64 Å². The van der Waals surface area contributed by atoms with Gasteiger partial charge in [0.2, 0.25) is 5.88 Å². The monoisotopic (exact) mass is 492 g/mol. The highest BCUT2D eigenvalue weighted by Gasteiger charge is 2.26. The number of hydrogen-bond acceptors (Lipinski definition) is 7. The molecule has 0 saturated heterocycles. The molecule has 0 radical (unpaired) electrons. The highest BCUT2D eigenvalue weighted by atomic mass is 32.1. The quantitative estimate of drug-likeness (QED) is 0.265. The molecule has 0 aliphatic carbocycles. The van der Waals surface area contributed by atoms with E-state index < -0.39 is 12.7 Å². The minimum Gasteiger partial charge on any atom is -0.444 e. The standard InChI is InChI=1S/C25H18F2N4O3S/c1-15-10-18-22(28-12-21(30-18)34-24(26)27)20(11-15)31(19-9-5-8-17-23(19)35-14-29-17)25(32)33-13-16-6-3-2-4-7-16/h2-12,14,24H,13H2,1H3. The van der Waals surface area contributed by atoms with Crippen LogP contribution in [-0.2, 0) is 11.3 Å². The lowest BCUT2D eigenvalue weighted by Crippen LogP contribution is -2.27. The molecule has 10 heteroatoms. The molecule has 0 spiro atoms. The number of anilines is 2. The zero-order valence-electron chi connectivity index (χ0n) is 18.4. The molecule has 0 fully saturated rings. The number of fused-ring (bicyclic) bond motifs is 2. The number of benzene rings is 3. The molecule has 176 valence electrons. The molecule has 0 bridgehead atoms. The van der Waals surface area contributed by atoms with Crippen LogP contribution in [0.25, 0.3) is 21.3 Å². The Morgan fingerprint density at radius 3 is 2.66 bits per heavy atom. The number of carbonyl (C=O) groups is 1. The van der Waals surface area contributed by atoms with E-state index in [-0.39, 0.29) is 12.5 Å². The molecule has 0 aliphatic heterocycles. The van der Waals surface area contributed by atoms with Gasteiger partial charge in [0, 0.05) is 0 Å². The average Bonchev–Trinajstić information content (AvgIpc) is 3.33. The van der Waals surface area contributed by atoms with E-state index in [9.17, 15) is 13.6 Å². The second-order valence-electron chi connectivity index (χ2n) is 7.59. The van der Waals surface area contributed by atoms with Crippen molar-refractivity contribution in [2.75, 3.05) is 4.90 Å². The first-order valence-corrected chi connectivity index (χ1v) is 11.4. The third-order valence-electron chi connectivity index (χ3n) is 5.16. The van der Waals surface area contributed by atoms with Gasteiger partial charge in [0.25, 0.3) is 0 Å². The lowest BCUT2D eigenvalue weighted by molar-refractivity contribution is -0.0528. The molecule has 0 saturated carbocycles. The SMILES string of the molecule is Cc1cc(N(C(=O)OCc2ccccc2)c2cccc3ncsc23)c2ncc(OC(F)F)nc2c1. The Balaban J connectivity index is 1.64. The molecule has 0 atom stereocenters. The maximum Gasteiger partial charge on any atom is 0.419 e. The molecule has 35 heavy (non-hydrogen) atoms. The summed E-state index contributed by atoms with van der Waals surface area (Å²) in [6.07, 6.45) is 0.477. The van der Waals surface area contributed by atoms with E-state index in [1.54, 1.807) is 29.8 Å². The summed E-state index contributed by atoms with van der Waals surface area (Å²) in [5.74, 6) is -0.313. The van der Waals surface area contributed by atoms with Gasteiger partial charge in [-0.15, -0.1) is 11.3 Å². The molecule has 2 aromatic heterocycles. The van der Waals surface area contributed by atoms with Gasteiger partial charge in [-0.25, -0.2) is 24.6 Å². The van der Waals surface area contributed by atoms with E-state index in [0.29, 0.717) is 22.4 Å². The predicted molar refractivity (Wildman–Crippen MR) is 129 cm³/mol. The van der Waals surface area contributed by atoms with Crippen molar-refractivity contribution in [2.24, 2.45) is 0 Å². The summed E-state index contributed by atoms with van der Waals surface area (Å²) >= 11 is 1.39. The highest BCUT2D eigenvalue weighted by molar-refractivity contribution is 7.17. The third kappa shape index (κ3) is 4.73. The van der Waals surface area contributed by atoms with E-state index in [1.165, 1.54) is 16.2 Å². The number of amides is 1. The minimum atomic E-state index is -3.03. The van der Waals surface area contributed by atoms with Crippen molar-refractivity contribution in [1.29, 1.82) is 0 Å². The Morgan fingerprint density at radius 1 is 1.03 bits per heavy atom. The second-order valence-corrected chi connectivity index (χ2v) is 8.45. The van der Waals surface area contributed by atoms with Gasteiger partial charge in [0.05, 0.1) is 38.8 Å². The van der Waals surface area contributed by atoms with Gasteiger partial charge in [-0.3, -0.25) is 0 Å². The van der Waals surface area contributed by atoms with Crippen LogP contribution in [0.1, 0.15) is 11.1 Å². The number of thiazole rings is 1. The second kappa shape index (κ2) is 9.59. The van der Waals surface area contributed by atoms with Gasteiger partial charge in [-0.05, 0) is 42.3 Å². The number of carbonyl (C=O) groups excluding carboxylic acids is 1. The summed E-state index contributed by atoms with van der Waals surface area (Å²) in [4.78, 5) is 27.8. The van der Waals surface area contributed by atoms with Crippen LogP contribution in [0, 0.1) is 6.92 Å². The molecule has 0 N–H and O–H groups in total. The van der Waals surface area contributed by atoms with Gasteiger partial charge in [0.15, 0.2) is 0 Å². The van der Waals surface area contributed by atoms with Crippen LogP contribution in [0.15, 0.2) is 72.4 Å². The maximum atomic E-state index is 13.6. The van der Waals surface area contributed by atoms with Crippen molar-refractivity contribution in [3.63, 3.8) is 0 Å². The molecule has 3 aromatic carbocycles. The number of aryl methyl sites for hydroxylation is 1. The first-order valence-electron chi connectivity index (χ1n) is 10.5. The fraction of sp³-hybridized carbons (Fsp3) is 0.120. The van der Waals surface area contributed by atoms with Crippen molar-refractivity contribution in [1.82, 2.24) is 15.0 Å². The fourth-order valence-corrected chi connectivity index (χ4v) is 4.50. The van der Waals surface area contributed by atoms with Crippen molar-refractivity contribution in [2.45, 2.75) is 20.1 Å². The van der Waals surface area contributed by atoms with E-state index in [0.717, 1.165) is 27.5 Å². The zero-order chi connectivity index (χ0) is 24.4. The molecule has 2 heterocycles. The topological polar surface area (TPSA) is 77.4 Å². The molecule has 5 aromatic rings. The van der Waals surface area contributed by atoms with Crippen LogP contribution in [-0.4, -0.2) is 27.7 Å². The summed E-state index contributed by atoms with van der Waals surface area (Å²) in [6, 6.07) is 18.2. The Hall–Kier alpha value is -4.18. The number of halogens is 2. The zero-order valence-corrected chi connectivity index (χ0v) is 19.2. The molecule has 0 unspecified atom stereocenters. The maximum absolute atomic E-state index is 13.6. The Labute approximate surface area is 202 Å². The van der Waals surface area contributed by atoms with Crippen LogP contribution in [0.3, 0.4) is 0 Å². The number of ether oxygens (including phenoxy) is 2. The first kappa shape index (κ1) is 22.6.